The van der Waals surface area contributed by atoms with E-state index in [9.17, 15) is 9.90 Å². The molecule has 80 valence electrons. The highest BCUT2D eigenvalue weighted by molar-refractivity contribution is 5.87. The lowest BCUT2D eigenvalue weighted by Gasteiger charge is -2.17. The zero-order valence-corrected chi connectivity index (χ0v) is 9.24. The SMILES string of the molecule is Cc1ncccc1C1(C(=O)O)CC1(C)C. The fourth-order valence-corrected chi connectivity index (χ4v) is 2.49. The lowest BCUT2D eigenvalue weighted by atomic mass is 9.87. The molecule has 3 heteroatoms. The summed E-state index contributed by atoms with van der Waals surface area (Å²) in [5.74, 6) is -0.733. The van der Waals surface area contributed by atoms with Gasteiger partial charge in [-0.15, -0.1) is 0 Å². The Balaban J connectivity index is 2.55. The van der Waals surface area contributed by atoms with Crippen LogP contribution in [0.3, 0.4) is 0 Å². The fourth-order valence-electron chi connectivity index (χ4n) is 2.49. The number of hydrogen-bond acceptors (Lipinski definition) is 2. The van der Waals surface area contributed by atoms with Crippen molar-refractivity contribution in [2.75, 3.05) is 0 Å². The second kappa shape index (κ2) is 2.81. The summed E-state index contributed by atoms with van der Waals surface area (Å²) < 4.78 is 0. The Labute approximate surface area is 89.2 Å². The minimum Gasteiger partial charge on any atom is -0.481 e. The van der Waals surface area contributed by atoms with E-state index in [1.807, 2.05) is 26.8 Å². The van der Waals surface area contributed by atoms with Crippen LogP contribution in [0, 0.1) is 12.3 Å². The standard InChI is InChI=1S/C12H15NO2/c1-8-9(5-4-6-13-8)12(10(14)15)7-11(12,2)3/h4-6H,7H2,1-3H3,(H,14,15). The van der Waals surface area contributed by atoms with Crippen LogP contribution in [-0.2, 0) is 10.2 Å². The average Bonchev–Trinajstić information content (AvgIpc) is 2.71. The highest BCUT2D eigenvalue weighted by atomic mass is 16.4. The van der Waals surface area contributed by atoms with E-state index in [0.29, 0.717) is 6.42 Å². The zero-order chi connectivity index (χ0) is 11.3. The molecular formula is C12H15NO2. The Bertz CT molecular complexity index is 425. The van der Waals surface area contributed by atoms with E-state index in [1.165, 1.54) is 0 Å². The number of rotatable bonds is 2. The molecular weight excluding hydrogens is 190 g/mol. The monoisotopic (exact) mass is 205 g/mol. The highest BCUT2D eigenvalue weighted by Gasteiger charge is 2.68. The molecule has 1 saturated carbocycles. The lowest BCUT2D eigenvalue weighted by molar-refractivity contribution is -0.141. The molecule has 1 fully saturated rings. The van der Waals surface area contributed by atoms with Crippen molar-refractivity contribution < 1.29 is 9.90 Å². The Morgan fingerprint density at radius 2 is 2.13 bits per heavy atom. The van der Waals surface area contributed by atoms with Gasteiger partial charge >= 0.3 is 5.97 Å². The molecule has 0 aliphatic heterocycles. The smallest absolute Gasteiger partial charge is 0.314 e. The number of aliphatic carboxylic acids is 1. The number of carbonyl (C=O) groups is 1. The highest BCUT2D eigenvalue weighted by Crippen LogP contribution is 2.64. The molecule has 1 N–H and O–H groups in total. The topological polar surface area (TPSA) is 50.2 Å². The zero-order valence-electron chi connectivity index (χ0n) is 9.24. The molecule has 15 heavy (non-hydrogen) atoms. The van der Waals surface area contributed by atoms with E-state index < -0.39 is 11.4 Å². The van der Waals surface area contributed by atoms with Gasteiger partial charge in [0.05, 0.1) is 0 Å². The third kappa shape index (κ3) is 1.19. The molecule has 1 aromatic rings. The van der Waals surface area contributed by atoms with Gasteiger partial charge in [-0.1, -0.05) is 19.9 Å². The molecule has 0 amide bonds. The van der Waals surface area contributed by atoms with Crippen LogP contribution in [0.1, 0.15) is 31.5 Å². The van der Waals surface area contributed by atoms with Gasteiger partial charge in [0.2, 0.25) is 0 Å². The summed E-state index contributed by atoms with van der Waals surface area (Å²) in [5, 5.41) is 9.39. The summed E-state index contributed by atoms with van der Waals surface area (Å²) in [5.41, 5.74) is 0.811. The Hall–Kier alpha value is -1.38. The first-order chi connectivity index (χ1) is 6.92. The first-order valence-corrected chi connectivity index (χ1v) is 5.07. The van der Waals surface area contributed by atoms with Crippen molar-refractivity contribution in [2.45, 2.75) is 32.6 Å². The summed E-state index contributed by atoms with van der Waals surface area (Å²) in [6.45, 7) is 5.86. The maximum atomic E-state index is 11.4. The largest absolute Gasteiger partial charge is 0.481 e. The van der Waals surface area contributed by atoms with E-state index in [0.717, 1.165) is 11.3 Å². The second-order valence-corrected chi connectivity index (χ2v) is 4.91. The molecule has 1 aromatic heterocycles. The predicted octanol–water partition coefficient (Wildman–Crippen LogP) is 2.14. The van der Waals surface area contributed by atoms with Gasteiger partial charge in [-0.3, -0.25) is 9.78 Å². The van der Waals surface area contributed by atoms with Crippen LogP contribution < -0.4 is 0 Å². The fraction of sp³-hybridized carbons (Fsp3) is 0.500. The van der Waals surface area contributed by atoms with Crippen molar-refractivity contribution in [3.8, 4) is 0 Å². The van der Waals surface area contributed by atoms with Crippen molar-refractivity contribution in [1.29, 1.82) is 0 Å². The van der Waals surface area contributed by atoms with E-state index in [2.05, 4.69) is 4.98 Å². The van der Waals surface area contributed by atoms with Crippen molar-refractivity contribution in [1.82, 2.24) is 4.98 Å². The second-order valence-electron chi connectivity index (χ2n) is 4.91. The normalized spacial score (nSPS) is 27.4. The lowest BCUT2D eigenvalue weighted by Crippen LogP contribution is -2.26. The van der Waals surface area contributed by atoms with Crippen molar-refractivity contribution in [3.05, 3.63) is 29.6 Å². The average molecular weight is 205 g/mol. The van der Waals surface area contributed by atoms with Gasteiger partial charge < -0.3 is 5.11 Å². The minimum atomic E-state index is -0.733. The predicted molar refractivity (Wildman–Crippen MR) is 56.7 cm³/mol. The van der Waals surface area contributed by atoms with Crippen LogP contribution in [0.5, 0.6) is 0 Å². The Kier molecular flexibility index (Phi) is 1.90. The van der Waals surface area contributed by atoms with Gasteiger partial charge in [0.15, 0.2) is 0 Å². The third-order valence-electron chi connectivity index (χ3n) is 3.57. The molecule has 2 rings (SSSR count). The Morgan fingerprint density at radius 1 is 1.53 bits per heavy atom. The van der Waals surface area contributed by atoms with Gasteiger partial charge in [0.1, 0.15) is 5.41 Å². The van der Waals surface area contributed by atoms with Gasteiger partial charge in [0.25, 0.3) is 0 Å². The molecule has 1 unspecified atom stereocenters. The molecule has 1 aliphatic rings. The molecule has 0 radical (unpaired) electrons. The maximum absolute atomic E-state index is 11.4. The van der Waals surface area contributed by atoms with Crippen molar-refractivity contribution in [2.24, 2.45) is 5.41 Å². The van der Waals surface area contributed by atoms with Gasteiger partial charge in [-0.25, -0.2) is 0 Å². The number of carboxylic acid groups (broad SMARTS) is 1. The summed E-state index contributed by atoms with van der Waals surface area (Å²) >= 11 is 0. The molecule has 3 nitrogen and oxygen atoms in total. The number of pyridine rings is 1. The van der Waals surface area contributed by atoms with Crippen molar-refractivity contribution >= 4 is 5.97 Å². The molecule has 1 heterocycles. The van der Waals surface area contributed by atoms with E-state index >= 15 is 0 Å². The quantitative estimate of drug-likeness (QED) is 0.804. The minimum absolute atomic E-state index is 0.160. The maximum Gasteiger partial charge on any atom is 0.314 e. The molecule has 0 aromatic carbocycles. The van der Waals surface area contributed by atoms with Crippen LogP contribution >= 0.6 is 0 Å². The first-order valence-electron chi connectivity index (χ1n) is 5.07. The van der Waals surface area contributed by atoms with Gasteiger partial charge in [0, 0.05) is 11.9 Å². The molecule has 1 aliphatic carbocycles. The van der Waals surface area contributed by atoms with E-state index in [4.69, 9.17) is 0 Å². The number of aryl methyl sites for hydroxylation is 1. The summed E-state index contributed by atoms with van der Waals surface area (Å²) in [6, 6.07) is 3.69. The number of aromatic nitrogens is 1. The van der Waals surface area contributed by atoms with E-state index in [-0.39, 0.29) is 5.41 Å². The summed E-state index contributed by atoms with van der Waals surface area (Å²) in [7, 11) is 0. The number of carboxylic acids is 1. The van der Waals surface area contributed by atoms with Gasteiger partial charge in [-0.05, 0) is 30.4 Å². The first kappa shape index (κ1) is 10.1. The summed E-state index contributed by atoms with van der Waals surface area (Å²) in [4.78, 5) is 15.6. The number of hydrogen-bond donors (Lipinski definition) is 1. The van der Waals surface area contributed by atoms with Crippen LogP contribution in [0.2, 0.25) is 0 Å². The number of nitrogens with zero attached hydrogens (tertiary/aromatic N) is 1. The van der Waals surface area contributed by atoms with Crippen LogP contribution in [0.4, 0.5) is 0 Å². The molecule has 1 atom stereocenters. The summed E-state index contributed by atoms with van der Waals surface area (Å²) in [6.07, 6.45) is 2.39. The van der Waals surface area contributed by atoms with Crippen LogP contribution in [0.25, 0.3) is 0 Å². The molecule has 0 bridgehead atoms. The van der Waals surface area contributed by atoms with E-state index in [1.54, 1.807) is 12.3 Å². The van der Waals surface area contributed by atoms with Crippen LogP contribution in [0.15, 0.2) is 18.3 Å². The third-order valence-corrected chi connectivity index (χ3v) is 3.57. The van der Waals surface area contributed by atoms with Gasteiger partial charge in [-0.2, -0.15) is 0 Å². The Morgan fingerprint density at radius 3 is 2.53 bits per heavy atom. The molecule has 0 saturated heterocycles. The molecule has 0 spiro atoms. The van der Waals surface area contributed by atoms with Crippen molar-refractivity contribution in [3.63, 3.8) is 0 Å². The van der Waals surface area contributed by atoms with Crippen LogP contribution in [-0.4, -0.2) is 16.1 Å².